The second kappa shape index (κ2) is 5.96. The molecular weight excluding hydrogens is 230 g/mol. The summed E-state index contributed by atoms with van der Waals surface area (Å²) in [5.41, 5.74) is 0. The monoisotopic (exact) mass is 245 g/mol. The van der Waals surface area contributed by atoms with E-state index in [1.807, 2.05) is 11.0 Å². The van der Waals surface area contributed by atoms with Crippen molar-refractivity contribution in [1.82, 2.24) is 15.3 Å². The SMILES string of the molecule is N#CCNC(=O)C1CCCCN1c1ncccn1. The fourth-order valence-electron chi connectivity index (χ4n) is 2.13. The van der Waals surface area contributed by atoms with Crippen LogP contribution in [0.5, 0.6) is 0 Å². The van der Waals surface area contributed by atoms with E-state index in [0.717, 1.165) is 25.8 Å². The van der Waals surface area contributed by atoms with Crippen molar-refractivity contribution in [2.45, 2.75) is 25.3 Å². The number of anilines is 1. The molecule has 0 aromatic carbocycles. The van der Waals surface area contributed by atoms with Crippen molar-refractivity contribution in [2.75, 3.05) is 18.0 Å². The Bertz CT molecular complexity index is 442. The summed E-state index contributed by atoms with van der Waals surface area (Å²) in [7, 11) is 0. The zero-order valence-corrected chi connectivity index (χ0v) is 10.0. The lowest BCUT2D eigenvalue weighted by Crippen LogP contribution is -2.50. The van der Waals surface area contributed by atoms with E-state index < -0.39 is 0 Å². The predicted molar refractivity (Wildman–Crippen MR) is 65.6 cm³/mol. The Hall–Kier alpha value is -2.16. The fourth-order valence-corrected chi connectivity index (χ4v) is 2.13. The standard InChI is InChI=1S/C12H15N5O/c13-5-8-14-11(18)10-4-1-2-9-17(10)12-15-6-3-7-16-12/h3,6-7,10H,1-2,4,8-9H2,(H,14,18). The van der Waals surface area contributed by atoms with Crippen LogP contribution in [0.25, 0.3) is 0 Å². The molecule has 6 nitrogen and oxygen atoms in total. The molecule has 1 unspecified atom stereocenters. The van der Waals surface area contributed by atoms with Gasteiger partial charge in [0, 0.05) is 18.9 Å². The van der Waals surface area contributed by atoms with Crippen LogP contribution in [0.4, 0.5) is 5.95 Å². The smallest absolute Gasteiger partial charge is 0.243 e. The Morgan fingerprint density at radius 1 is 1.50 bits per heavy atom. The molecule has 18 heavy (non-hydrogen) atoms. The third kappa shape index (κ3) is 2.74. The molecule has 94 valence electrons. The zero-order chi connectivity index (χ0) is 12.8. The highest BCUT2D eigenvalue weighted by Gasteiger charge is 2.29. The van der Waals surface area contributed by atoms with Crippen LogP contribution in [0.15, 0.2) is 18.5 Å². The lowest BCUT2D eigenvalue weighted by molar-refractivity contribution is -0.122. The van der Waals surface area contributed by atoms with E-state index in [4.69, 9.17) is 5.26 Å². The predicted octanol–water partition coefficient (Wildman–Crippen LogP) is 0.475. The van der Waals surface area contributed by atoms with Crippen molar-refractivity contribution >= 4 is 11.9 Å². The Morgan fingerprint density at radius 3 is 3.00 bits per heavy atom. The van der Waals surface area contributed by atoms with E-state index in [1.54, 1.807) is 18.5 Å². The van der Waals surface area contributed by atoms with E-state index in [0.29, 0.717) is 5.95 Å². The summed E-state index contributed by atoms with van der Waals surface area (Å²) in [6.45, 7) is 0.813. The average molecular weight is 245 g/mol. The van der Waals surface area contributed by atoms with Crippen LogP contribution in [-0.2, 0) is 4.79 Å². The van der Waals surface area contributed by atoms with Crippen LogP contribution in [-0.4, -0.2) is 35.0 Å². The summed E-state index contributed by atoms with van der Waals surface area (Å²) in [5.74, 6) is 0.456. The van der Waals surface area contributed by atoms with Gasteiger partial charge in [0.1, 0.15) is 12.6 Å². The van der Waals surface area contributed by atoms with Gasteiger partial charge < -0.3 is 10.2 Å². The van der Waals surface area contributed by atoms with E-state index in [1.165, 1.54) is 0 Å². The van der Waals surface area contributed by atoms with Crippen molar-refractivity contribution in [3.63, 3.8) is 0 Å². The van der Waals surface area contributed by atoms with E-state index in [9.17, 15) is 4.79 Å². The summed E-state index contributed by atoms with van der Waals surface area (Å²) < 4.78 is 0. The molecule has 0 spiro atoms. The van der Waals surface area contributed by atoms with Crippen molar-refractivity contribution in [2.24, 2.45) is 0 Å². The maximum atomic E-state index is 12.0. The summed E-state index contributed by atoms with van der Waals surface area (Å²) in [4.78, 5) is 22.3. The number of nitrogens with one attached hydrogen (secondary N) is 1. The van der Waals surface area contributed by atoms with Crippen LogP contribution >= 0.6 is 0 Å². The first kappa shape index (κ1) is 12.3. The molecule has 0 aliphatic carbocycles. The minimum absolute atomic E-state index is 0.0405. The Morgan fingerprint density at radius 2 is 2.28 bits per heavy atom. The Labute approximate surface area is 106 Å². The summed E-state index contributed by atoms with van der Waals surface area (Å²) in [6, 6.07) is 3.39. The number of aromatic nitrogens is 2. The summed E-state index contributed by atoms with van der Waals surface area (Å²) in [5, 5.41) is 11.1. The maximum Gasteiger partial charge on any atom is 0.243 e. The number of piperidine rings is 1. The van der Waals surface area contributed by atoms with Gasteiger partial charge in [0.2, 0.25) is 11.9 Å². The molecule has 1 N–H and O–H groups in total. The van der Waals surface area contributed by atoms with Gasteiger partial charge in [-0.05, 0) is 25.3 Å². The molecular formula is C12H15N5O. The quantitative estimate of drug-likeness (QED) is 0.783. The highest BCUT2D eigenvalue weighted by Crippen LogP contribution is 2.21. The molecule has 0 radical (unpaired) electrons. The highest BCUT2D eigenvalue weighted by molar-refractivity contribution is 5.85. The minimum Gasteiger partial charge on any atom is -0.341 e. The van der Waals surface area contributed by atoms with E-state index >= 15 is 0 Å². The van der Waals surface area contributed by atoms with E-state index in [-0.39, 0.29) is 18.5 Å². The molecule has 2 rings (SSSR count). The maximum absolute atomic E-state index is 12.0. The highest BCUT2D eigenvalue weighted by atomic mass is 16.2. The normalized spacial score (nSPS) is 19.1. The third-order valence-corrected chi connectivity index (χ3v) is 2.96. The molecule has 1 amide bonds. The van der Waals surface area contributed by atoms with Gasteiger partial charge in [-0.25, -0.2) is 9.97 Å². The first-order chi connectivity index (χ1) is 8.83. The number of carbonyl (C=O) groups is 1. The average Bonchev–Trinajstić information content (AvgIpc) is 2.45. The molecule has 1 aliphatic rings. The van der Waals surface area contributed by atoms with Gasteiger partial charge in [-0.2, -0.15) is 5.26 Å². The van der Waals surface area contributed by atoms with Crippen LogP contribution in [0.2, 0.25) is 0 Å². The van der Waals surface area contributed by atoms with Crippen LogP contribution in [0.3, 0.4) is 0 Å². The van der Waals surface area contributed by atoms with Crippen molar-refractivity contribution in [3.05, 3.63) is 18.5 Å². The lowest BCUT2D eigenvalue weighted by atomic mass is 10.0. The minimum atomic E-state index is -0.269. The third-order valence-electron chi connectivity index (χ3n) is 2.96. The van der Waals surface area contributed by atoms with Gasteiger partial charge in [0.25, 0.3) is 0 Å². The van der Waals surface area contributed by atoms with Crippen molar-refractivity contribution in [3.8, 4) is 6.07 Å². The van der Waals surface area contributed by atoms with E-state index in [2.05, 4.69) is 15.3 Å². The van der Waals surface area contributed by atoms with Gasteiger partial charge in [-0.15, -0.1) is 0 Å². The molecule has 1 saturated heterocycles. The Kier molecular flexibility index (Phi) is 4.07. The van der Waals surface area contributed by atoms with Crippen LogP contribution in [0.1, 0.15) is 19.3 Å². The lowest BCUT2D eigenvalue weighted by Gasteiger charge is -2.34. The van der Waals surface area contributed by atoms with Crippen LogP contribution < -0.4 is 10.2 Å². The van der Waals surface area contributed by atoms with Gasteiger partial charge in [0.15, 0.2) is 0 Å². The first-order valence-corrected chi connectivity index (χ1v) is 6.01. The largest absolute Gasteiger partial charge is 0.341 e. The summed E-state index contributed by atoms with van der Waals surface area (Å²) in [6.07, 6.45) is 6.14. The second-order valence-corrected chi connectivity index (χ2v) is 4.13. The molecule has 1 aromatic rings. The molecule has 1 aliphatic heterocycles. The first-order valence-electron chi connectivity index (χ1n) is 6.01. The number of rotatable bonds is 3. The number of hydrogen-bond donors (Lipinski definition) is 1. The second-order valence-electron chi connectivity index (χ2n) is 4.13. The number of amides is 1. The number of hydrogen-bond acceptors (Lipinski definition) is 5. The van der Waals surface area contributed by atoms with Crippen molar-refractivity contribution < 1.29 is 4.79 Å². The Balaban J connectivity index is 2.11. The number of nitriles is 1. The number of nitrogens with zero attached hydrogens (tertiary/aromatic N) is 4. The summed E-state index contributed by atoms with van der Waals surface area (Å²) >= 11 is 0. The van der Waals surface area contributed by atoms with Gasteiger partial charge in [-0.3, -0.25) is 4.79 Å². The van der Waals surface area contributed by atoms with Gasteiger partial charge >= 0.3 is 0 Å². The fraction of sp³-hybridized carbons (Fsp3) is 0.500. The van der Waals surface area contributed by atoms with Gasteiger partial charge in [0.05, 0.1) is 6.07 Å². The molecule has 1 atom stereocenters. The molecule has 1 aromatic heterocycles. The topological polar surface area (TPSA) is 81.9 Å². The number of carbonyl (C=O) groups excluding carboxylic acids is 1. The molecule has 1 fully saturated rings. The zero-order valence-electron chi connectivity index (χ0n) is 10.0. The molecule has 0 bridgehead atoms. The molecule has 2 heterocycles. The molecule has 6 heteroatoms. The van der Waals surface area contributed by atoms with Crippen molar-refractivity contribution in [1.29, 1.82) is 5.26 Å². The van der Waals surface area contributed by atoms with Gasteiger partial charge in [-0.1, -0.05) is 0 Å². The van der Waals surface area contributed by atoms with Crippen LogP contribution in [0, 0.1) is 11.3 Å². The molecule has 0 saturated carbocycles.